The van der Waals surface area contributed by atoms with E-state index in [-0.39, 0.29) is 0 Å². The van der Waals surface area contributed by atoms with Crippen LogP contribution < -0.4 is 11.1 Å². The average Bonchev–Trinajstić information content (AvgIpc) is 2.01. The monoisotopic (exact) mass is 153 g/mol. The van der Waals surface area contributed by atoms with Crippen molar-refractivity contribution in [3.63, 3.8) is 0 Å². The van der Waals surface area contributed by atoms with Crippen molar-refractivity contribution in [2.24, 2.45) is 5.73 Å². The van der Waals surface area contributed by atoms with Crippen molar-refractivity contribution in [1.29, 1.82) is 0 Å². The van der Waals surface area contributed by atoms with Gasteiger partial charge in [-0.05, 0) is 6.92 Å². The Hall–Kier alpha value is -1.23. The van der Waals surface area contributed by atoms with Gasteiger partial charge >= 0.3 is 0 Å². The largest absolute Gasteiger partial charge is 0.353 e. The third-order valence-corrected chi connectivity index (χ3v) is 1.12. The topological polar surface area (TPSA) is 76.7 Å². The van der Waals surface area contributed by atoms with E-state index < -0.39 is 0 Å². The molecule has 0 saturated heterocycles. The molecule has 0 fully saturated rings. The number of hydrogen-bond donors (Lipinski definition) is 2. The van der Waals surface area contributed by atoms with E-state index in [1.165, 1.54) is 6.33 Å². The molecule has 0 unspecified atom stereocenters. The van der Waals surface area contributed by atoms with Crippen LogP contribution in [0.15, 0.2) is 6.33 Å². The van der Waals surface area contributed by atoms with Crippen LogP contribution in [0.2, 0.25) is 0 Å². The zero-order valence-corrected chi connectivity index (χ0v) is 6.41. The van der Waals surface area contributed by atoms with Gasteiger partial charge in [0.25, 0.3) is 0 Å². The maximum absolute atomic E-state index is 5.28. The molecular weight excluding hydrogens is 142 g/mol. The molecule has 0 aliphatic carbocycles. The zero-order chi connectivity index (χ0) is 8.10. The van der Waals surface area contributed by atoms with E-state index in [2.05, 4.69) is 20.3 Å². The second-order valence-corrected chi connectivity index (χ2v) is 2.07. The Balaban J connectivity index is 2.56. The van der Waals surface area contributed by atoms with Crippen molar-refractivity contribution in [2.75, 3.05) is 18.4 Å². The summed E-state index contributed by atoms with van der Waals surface area (Å²) in [5.74, 6) is 1.29. The van der Waals surface area contributed by atoms with Crippen LogP contribution >= 0.6 is 0 Å². The summed E-state index contributed by atoms with van der Waals surface area (Å²) in [4.78, 5) is 11.8. The van der Waals surface area contributed by atoms with Crippen LogP contribution in [0, 0.1) is 6.92 Å². The van der Waals surface area contributed by atoms with E-state index in [4.69, 9.17) is 5.73 Å². The first-order valence-corrected chi connectivity index (χ1v) is 3.42. The fraction of sp³-hybridized carbons (Fsp3) is 0.500. The SMILES string of the molecule is Cc1ncnc(NCCN)n1. The lowest BCUT2D eigenvalue weighted by Gasteiger charge is -2.00. The lowest BCUT2D eigenvalue weighted by molar-refractivity contribution is 0.936. The standard InChI is InChI=1S/C6H11N5/c1-5-9-4-10-6(11-5)8-3-2-7/h4H,2-3,7H2,1H3,(H,8,9,10,11). The van der Waals surface area contributed by atoms with E-state index in [1.807, 2.05) is 6.92 Å². The molecule has 1 aromatic heterocycles. The van der Waals surface area contributed by atoms with Crippen LogP contribution in [0.1, 0.15) is 5.82 Å². The van der Waals surface area contributed by atoms with Crippen LogP contribution in [-0.4, -0.2) is 28.0 Å². The number of aryl methyl sites for hydroxylation is 1. The fourth-order valence-electron chi connectivity index (χ4n) is 0.647. The number of nitrogens with one attached hydrogen (secondary N) is 1. The normalized spacial score (nSPS) is 9.64. The molecule has 5 nitrogen and oxygen atoms in total. The molecule has 0 bridgehead atoms. The molecule has 0 saturated carbocycles. The minimum absolute atomic E-state index is 0.574. The summed E-state index contributed by atoms with van der Waals surface area (Å²) in [7, 11) is 0. The highest BCUT2D eigenvalue weighted by atomic mass is 15.1. The number of nitrogens with two attached hydrogens (primary N) is 1. The molecule has 1 aromatic rings. The van der Waals surface area contributed by atoms with Crippen molar-refractivity contribution in [1.82, 2.24) is 15.0 Å². The number of rotatable bonds is 3. The van der Waals surface area contributed by atoms with Crippen LogP contribution in [0.3, 0.4) is 0 Å². The quantitative estimate of drug-likeness (QED) is 0.615. The van der Waals surface area contributed by atoms with Gasteiger partial charge < -0.3 is 11.1 Å². The molecule has 60 valence electrons. The van der Waals surface area contributed by atoms with Crippen molar-refractivity contribution >= 4 is 5.95 Å². The summed E-state index contributed by atoms with van der Waals surface area (Å²) in [6.07, 6.45) is 1.47. The minimum atomic E-state index is 0.574. The summed E-state index contributed by atoms with van der Waals surface area (Å²) in [6.45, 7) is 3.07. The summed E-state index contributed by atoms with van der Waals surface area (Å²) in [6, 6.07) is 0. The third-order valence-electron chi connectivity index (χ3n) is 1.12. The summed E-state index contributed by atoms with van der Waals surface area (Å²) in [5, 5.41) is 2.95. The predicted molar refractivity (Wildman–Crippen MR) is 42.1 cm³/mol. The van der Waals surface area contributed by atoms with Crippen LogP contribution in [0.5, 0.6) is 0 Å². The van der Waals surface area contributed by atoms with Gasteiger partial charge in [-0.15, -0.1) is 0 Å². The Morgan fingerprint density at radius 2 is 2.36 bits per heavy atom. The Morgan fingerprint density at radius 1 is 1.55 bits per heavy atom. The van der Waals surface area contributed by atoms with Gasteiger partial charge in [0, 0.05) is 13.1 Å². The van der Waals surface area contributed by atoms with Crippen molar-refractivity contribution < 1.29 is 0 Å². The number of nitrogens with zero attached hydrogens (tertiary/aromatic N) is 3. The zero-order valence-electron chi connectivity index (χ0n) is 6.41. The van der Waals surface area contributed by atoms with Gasteiger partial charge in [0.05, 0.1) is 0 Å². The molecule has 0 spiro atoms. The number of anilines is 1. The number of hydrogen-bond acceptors (Lipinski definition) is 5. The van der Waals surface area contributed by atoms with E-state index in [0.717, 1.165) is 0 Å². The molecule has 5 heteroatoms. The summed E-state index contributed by atoms with van der Waals surface area (Å²) >= 11 is 0. The third kappa shape index (κ3) is 2.46. The first-order chi connectivity index (χ1) is 5.33. The minimum Gasteiger partial charge on any atom is -0.353 e. The van der Waals surface area contributed by atoms with Crippen molar-refractivity contribution in [3.8, 4) is 0 Å². The first-order valence-electron chi connectivity index (χ1n) is 3.42. The maximum Gasteiger partial charge on any atom is 0.225 e. The van der Waals surface area contributed by atoms with Gasteiger partial charge in [-0.25, -0.2) is 9.97 Å². The van der Waals surface area contributed by atoms with Crippen molar-refractivity contribution in [3.05, 3.63) is 12.2 Å². The van der Waals surface area contributed by atoms with E-state index >= 15 is 0 Å². The first kappa shape index (κ1) is 7.87. The molecule has 1 rings (SSSR count). The Morgan fingerprint density at radius 3 is 3.00 bits per heavy atom. The van der Waals surface area contributed by atoms with E-state index in [0.29, 0.717) is 24.9 Å². The van der Waals surface area contributed by atoms with Crippen LogP contribution in [0.25, 0.3) is 0 Å². The average molecular weight is 153 g/mol. The van der Waals surface area contributed by atoms with Crippen LogP contribution in [-0.2, 0) is 0 Å². The van der Waals surface area contributed by atoms with Gasteiger partial charge in [0.1, 0.15) is 12.2 Å². The lowest BCUT2D eigenvalue weighted by Crippen LogP contribution is -2.15. The van der Waals surface area contributed by atoms with E-state index in [9.17, 15) is 0 Å². The second-order valence-electron chi connectivity index (χ2n) is 2.07. The highest BCUT2D eigenvalue weighted by Crippen LogP contribution is 1.93. The number of aromatic nitrogens is 3. The molecule has 0 radical (unpaired) electrons. The molecule has 0 aromatic carbocycles. The predicted octanol–water partition coefficient (Wildman–Crippen LogP) is -0.449. The van der Waals surface area contributed by atoms with Gasteiger partial charge in [0.15, 0.2) is 0 Å². The van der Waals surface area contributed by atoms with E-state index in [1.54, 1.807) is 0 Å². The molecule has 0 atom stereocenters. The molecule has 0 amide bonds. The summed E-state index contributed by atoms with van der Waals surface area (Å²) in [5.41, 5.74) is 5.28. The Labute approximate surface area is 65.1 Å². The van der Waals surface area contributed by atoms with Crippen molar-refractivity contribution in [2.45, 2.75) is 6.92 Å². The maximum atomic E-state index is 5.28. The van der Waals surface area contributed by atoms with Gasteiger partial charge in [0.2, 0.25) is 5.95 Å². The Kier molecular flexibility index (Phi) is 2.74. The molecule has 3 N–H and O–H groups in total. The molecule has 0 aliphatic rings. The highest BCUT2D eigenvalue weighted by Gasteiger charge is 1.92. The molecular formula is C6H11N5. The highest BCUT2D eigenvalue weighted by molar-refractivity contribution is 5.21. The molecule has 1 heterocycles. The Bertz CT molecular complexity index is 224. The fourth-order valence-corrected chi connectivity index (χ4v) is 0.647. The van der Waals surface area contributed by atoms with Crippen LogP contribution in [0.4, 0.5) is 5.95 Å². The second kappa shape index (κ2) is 3.82. The lowest BCUT2D eigenvalue weighted by atomic mass is 10.6. The van der Waals surface area contributed by atoms with Gasteiger partial charge in [-0.2, -0.15) is 4.98 Å². The molecule has 11 heavy (non-hydrogen) atoms. The smallest absolute Gasteiger partial charge is 0.225 e. The van der Waals surface area contributed by atoms with Gasteiger partial charge in [-0.1, -0.05) is 0 Å². The molecule has 0 aliphatic heterocycles. The summed E-state index contributed by atoms with van der Waals surface area (Å²) < 4.78 is 0. The van der Waals surface area contributed by atoms with Gasteiger partial charge in [-0.3, -0.25) is 0 Å².